The molecule has 0 unspecified atom stereocenters. The normalized spacial score (nSPS) is 11.0. The number of furan rings is 1. The lowest BCUT2D eigenvalue weighted by Crippen LogP contribution is -2.14. The van der Waals surface area contributed by atoms with Crippen molar-refractivity contribution in [2.45, 2.75) is 6.92 Å². The molecule has 0 atom stereocenters. The Morgan fingerprint density at radius 3 is 2.55 bits per heavy atom. The second-order valence-electron chi connectivity index (χ2n) is 7.54. The molecule has 0 aliphatic rings. The minimum atomic E-state index is -0.462. The molecule has 164 valence electrons. The summed E-state index contributed by atoms with van der Waals surface area (Å²) in [6.45, 7) is 1.90. The Hall–Kier alpha value is -4.39. The van der Waals surface area contributed by atoms with Crippen LogP contribution in [0.5, 0.6) is 5.75 Å². The van der Waals surface area contributed by atoms with E-state index < -0.39 is 5.82 Å². The van der Waals surface area contributed by atoms with E-state index in [0.29, 0.717) is 22.6 Å². The van der Waals surface area contributed by atoms with Crippen molar-refractivity contribution in [3.05, 3.63) is 107 Å². The molecule has 0 fully saturated rings. The van der Waals surface area contributed by atoms with E-state index >= 15 is 4.39 Å². The fourth-order valence-corrected chi connectivity index (χ4v) is 3.83. The second kappa shape index (κ2) is 8.27. The first-order valence-corrected chi connectivity index (χ1v) is 10.3. The largest absolute Gasteiger partial charge is 0.491 e. The van der Waals surface area contributed by atoms with E-state index in [9.17, 15) is 4.79 Å². The van der Waals surface area contributed by atoms with Crippen molar-refractivity contribution in [3.8, 4) is 39.7 Å². The molecule has 5 rings (SSSR count). The summed E-state index contributed by atoms with van der Waals surface area (Å²) in [6, 6.07) is 17.9. The average Bonchev–Trinajstić information content (AvgIpc) is 3.49. The first-order chi connectivity index (χ1) is 16.1. The Kier molecular flexibility index (Phi) is 5.14. The van der Waals surface area contributed by atoms with Gasteiger partial charge in [0.25, 0.3) is 0 Å². The number of para-hydroxylation sites is 1. The van der Waals surface area contributed by atoms with Crippen molar-refractivity contribution in [1.82, 2.24) is 14.3 Å². The van der Waals surface area contributed by atoms with Crippen molar-refractivity contribution in [2.24, 2.45) is 0 Å². The van der Waals surface area contributed by atoms with Gasteiger partial charge >= 0.3 is 0 Å². The van der Waals surface area contributed by atoms with Gasteiger partial charge in [-0.15, -0.1) is 0 Å². The maximum Gasteiger partial charge on any atom is 0.232 e. The van der Waals surface area contributed by atoms with Gasteiger partial charge in [-0.25, -0.2) is 9.07 Å². The van der Waals surface area contributed by atoms with Crippen molar-refractivity contribution in [1.29, 1.82) is 0 Å². The van der Waals surface area contributed by atoms with E-state index in [1.165, 1.54) is 19.4 Å². The van der Waals surface area contributed by atoms with Crippen LogP contribution in [0.25, 0.3) is 34.0 Å². The monoisotopic (exact) mass is 441 g/mol. The van der Waals surface area contributed by atoms with Gasteiger partial charge in [0.05, 0.1) is 48.4 Å². The number of benzene rings is 2. The Balaban J connectivity index is 1.65. The van der Waals surface area contributed by atoms with Gasteiger partial charge in [0.1, 0.15) is 11.6 Å². The molecule has 0 aliphatic carbocycles. The molecule has 0 N–H and O–H groups in total. The quantitative estimate of drug-likeness (QED) is 0.366. The first-order valence-electron chi connectivity index (χ1n) is 10.3. The molecule has 0 saturated heterocycles. The molecular formula is C26H20FN3O3. The van der Waals surface area contributed by atoms with Crippen LogP contribution in [0.15, 0.2) is 94.7 Å². The summed E-state index contributed by atoms with van der Waals surface area (Å²) in [4.78, 5) is 13.1. The summed E-state index contributed by atoms with van der Waals surface area (Å²) in [5.74, 6) is 0.251. The van der Waals surface area contributed by atoms with E-state index in [1.54, 1.807) is 46.1 Å². The maximum atomic E-state index is 15.2. The zero-order valence-electron chi connectivity index (χ0n) is 18.0. The predicted octanol–water partition coefficient (Wildman–Crippen LogP) is 5.41. The van der Waals surface area contributed by atoms with Crippen LogP contribution in [0.2, 0.25) is 0 Å². The first kappa shape index (κ1) is 20.5. The number of halogens is 1. The number of rotatable bonds is 5. The molecule has 0 spiro atoms. The van der Waals surface area contributed by atoms with Crippen LogP contribution in [0.4, 0.5) is 4.39 Å². The number of hydrogen-bond donors (Lipinski definition) is 0. The lowest BCUT2D eigenvalue weighted by molar-refractivity contribution is 0.407. The van der Waals surface area contributed by atoms with Crippen molar-refractivity contribution < 1.29 is 13.5 Å². The summed E-state index contributed by atoms with van der Waals surface area (Å²) in [7, 11) is 1.42. The fraction of sp³-hybridized carbons (Fsp3) is 0.0769. The summed E-state index contributed by atoms with van der Waals surface area (Å²) < 4.78 is 29.2. The Morgan fingerprint density at radius 2 is 1.85 bits per heavy atom. The summed E-state index contributed by atoms with van der Waals surface area (Å²) in [6.07, 6.45) is 6.26. The van der Waals surface area contributed by atoms with Gasteiger partial charge in [-0.05, 0) is 55.0 Å². The lowest BCUT2D eigenvalue weighted by atomic mass is 10.1. The van der Waals surface area contributed by atoms with Crippen LogP contribution in [-0.2, 0) is 0 Å². The number of methoxy groups -OCH3 is 1. The van der Waals surface area contributed by atoms with Crippen molar-refractivity contribution >= 4 is 0 Å². The molecule has 3 heterocycles. The molecule has 0 saturated carbocycles. The average molecular weight is 441 g/mol. The number of aryl methyl sites for hydroxylation is 1. The zero-order chi connectivity index (χ0) is 22.9. The highest BCUT2D eigenvalue weighted by atomic mass is 19.1. The molecule has 33 heavy (non-hydrogen) atoms. The van der Waals surface area contributed by atoms with Crippen LogP contribution < -0.4 is 10.2 Å². The third-order valence-electron chi connectivity index (χ3n) is 5.48. The summed E-state index contributed by atoms with van der Waals surface area (Å²) in [5, 5.41) is 4.37. The zero-order valence-corrected chi connectivity index (χ0v) is 18.0. The Morgan fingerprint density at radius 1 is 1.03 bits per heavy atom. The number of nitrogens with zero attached hydrogens (tertiary/aromatic N) is 3. The third kappa shape index (κ3) is 3.63. The molecule has 6 nitrogen and oxygen atoms in total. The van der Waals surface area contributed by atoms with Crippen molar-refractivity contribution in [2.75, 3.05) is 7.11 Å². The van der Waals surface area contributed by atoms with Gasteiger partial charge in [0, 0.05) is 11.8 Å². The van der Waals surface area contributed by atoms with E-state index in [0.717, 1.165) is 11.3 Å². The van der Waals surface area contributed by atoms with E-state index in [-0.39, 0.29) is 16.9 Å². The Labute approximate surface area is 189 Å². The highest BCUT2D eigenvalue weighted by Gasteiger charge is 2.18. The SMILES string of the molecule is COc1cn(-c2ccc(-c3occc3C)cc2F)cc(-c2ccnn2-c2ccccc2)c1=O. The minimum absolute atomic E-state index is 0.0960. The summed E-state index contributed by atoms with van der Waals surface area (Å²) >= 11 is 0. The van der Waals surface area contributed by atoms with E-state index in [1.807, 2.05) is 43.3 Å². The standard InChI is InChI=1S/C26H20FN3O3/c1-17-11-13-33-26(17)18-8-9-23(21(27)14-18)29-15-20(25(31)24(16-29)32-2)22-10-12-28-30(22)19-6-4-3-5-7-19/h3-16H,1-2H3. The van der Waals surface area contributed by atoms with Gasteiger partial charge in [0.15, 0.2) is 5.75 Å². The van der Waals surface area contributed by atoms with Crippen molar-refractivity contribution in [3.63, 3.8) is 0 Å². The molecule has 0 amide bonds. The lowest BCUT2D eigenvalue weighted by Gasteiger charge is -2.14. The number of ether oxygens (including phenoxy) is 1. The molecule has 0 aliphatic heterocycles. The number of hydrogen-bond acceptors (Lipinski definition) is 4. The summed E-state index contributed by atoms with van der Waals surface area (Å²) in [5.41, 5.74) is 3.22. The third-order valence-corrected chi connectivity index (χ3v) is 5.48. The van der Waals surface area contributed by atoms with Crippen LogP contribution >= 0.6 is 0 Å². The van der Waals surface area contributed by atoms with Gasteiger partial charge in [-0.1, -0.05) is 18.2 Å². The van der Waals surface area contributed by atoms with Gasteiger partial charge in [-0.3, -0.25) is 4.79 Å². The van der Waals surface area contributed by atoms with E-state index in [2.05, 4.69) is 5.10 Å². The molecule has 0 radical (unpaired) electrons. The van der Waals surface area contributed by atoms with Gasteiger partial charge in [-0.2, -0.15) is 5.10 Å². The predicted molar refractivity (Wildman–Crippen MR) is 124 cm³/mol. The molecule has 3 aromatic heterocycles. The highest BCUT2D eigenvalue weighted by Crippen LogP contribution is 2.29. The number of aromatic nitrogens is 3. The fourth-order valence-electron chi connectivity index (χ4n) is 3.83. The molecular weight excluding hydrogens is 421 g/mol. The highest BCUT2D eigenvalue weighted by molar-refractivity contribution is 5.65. The topological polar surface area (TPSA) is 62.2 Å². The molecule has 2 aromatic carbocycles. The molecule has 7 heteroatoms. The second-order valence-corrected chi connectivity index (χ2v) is 7.54. The van der Waals surface area contributed by atoms with Crippen LogP contribution in [-0.4, -0.2) is 21.5 Å². The number of pyridine rings is 1. The van der Waals surface area contributed by atoms with Gasteiger partial charge in [0.2, 0.25) is 5.43 Å². The van der Waals surface area contributed by atoms with Gasteiger partial charge < -0.3 is 13.7 Å². The van der Waals surface area contributed by atoms with Crippen LogP contribution in [0.3, 0.4) is 0 Å². The Bertz CT molecular complexity index is 1500. The maximum absolute atomic E-state index is 15.2. The van der Waals surface area contributed by atoms with Crippen LogP contribution in [0, 0.1) is 12.7 Å². The molecule has 0 bridgehead atoms. The van der Waals surface area contributed by atoms with Crippen LogP contribution in [0.1, 0.15) is 5.56 Å². The van der Waals surface area contributed by atoms with E-state index in [4.69, 9.17) is 9.15 Å². The minimum Gasteiger partial charge on any atom is -0.491 e. The smallest absolute Gasteiger partial charge is 0.232 e. The molecule has 5 aromatic rings.